The van der Waals surface area contributed by atoms with Crippen molar-refractivity contribution in [2.24, 2.45) is 0 Å². The molecule has 2 heterocycles. The molecule has 0 unspecified atom stereocenters. The van der Waals surface area contributed by atoms with Gasteiger partial charge in [-0.2, -0.15) is 0 Å². The van der Waals surface area contributed by atoms with Crippen LogP contribution in [0, 0.1) is 0 Å². The van der Waals surface area contributed by atoms with Crippen molar-refractivity contribution in [2.45, 2.75) is 6.54 Å². The summed E-state index contributed by atoms with van der Waals surface area (Å²) in [6, 6.07) is 2.32. The van der Waals surface area contributed by atoms with Gasteiger partial charge in [-0.15, -0.1) is 0 Å². The molecule has 0 saturated carbocycles. The highest BCUT2D eigenvalue weighted by Crippen LogP contribution is 2.03. The molecule has 2 rings (SSSR count). The van der Waals surface area contributed by atoms with Gasteiger partial charge in [0.2, 0.25) is 0 Å². The van der Waals surface area contributed by atoms with E-state index in [1.54, 1.807) is 0 Å². The number of rotatable bonds is 4. The summed E-state index contributed by atoms with van der Waals surface area (Å²) in [4.78, 5) is 33.9. The Morgan fingerprint density at radius 1 is 1.25 bits per heavy atom. The largest absolute Gasteiger partial charge is 0.478 e. The lowest BCUT2D eigenvalue weighted by Gasteiger charge is -2.06. The summed E-state index contributed by atoms with van der Waals surface area (Å²) in [5.41, 5.74) is 1.02. The summed E-state index contributed by atoms with van der Waals surface area (Å²) < 4.78 is 0. The zero-order valence-electron chi connectivity index (χ0n) is 10.3. The molecular formula is C12H11N5O3. The lowest BCUT2D eigenvalue weighted by atomic mass is 10.2. The predicted octanol–water partition coefficient (Wildman–Crippen LogP) is 0.892. The van der Waals surface area contributed by atoms with Crippen molar-refractivity contribution in [2.75, 3.05) is 5.32 Å². The lowest BCUT2D eigenvalue weighted by Crippen LogP contribution is -2.28. The van der Waals surface area contributed by atoms with Gasteiger partial charge in [0.05, 0.1) is 35.9 Å². The molecule has 8 heteroatoms. The smallest absolute Gasteiger partial charge is 0.335 e. The number of aromatic nitrogens is 3. The quantitative estimate of drug-likeness (QED) is 0.761. The van der Waals surface area contributed by atoms with Crippen LogP contribution in [0.15, 0.2) is 37.1 Å². The second-order valence-corrected chi connectivity index (χ2v) is 3.78. The predicted molar refractivity (Wildman–Crippen MR) is 69.1 cm³/mol. The number of aromatic carboxylic acids is 1. The Labute approximate surface area is 113 Å². The van der Waals surface area contributed by atoms with Gasteiger partial charge >= 0.3 is 12.0 Å². The number of hydrogen-bond acceptors (Lipinski definition) is 5. The third kappa shape index (κ3) is 3.73. The van der Waals surface area contributed by atoms with E-state index < -0.39 is 12.0 Å². The van der Waals surface area contributed by atoms with E-state index in [1.807, 2.05) is 0 Å². The monoisotopic (exact) mass is 273 g/mol. The Hall–Kier alpha value is -3.03. The van der Waals surface area contributed by atoms with Crippen molar-refractivity contribution in [3.63, 3.8) is 0 Å². The van der Waals surface area contributed by atoms with Crippen molar-refractivity contribution < 1.29 is 14.7 Å². The maximum absolute atomic E-state index is 11.6. The van der Waals surface area contributed by atoms with Crippen LogP contribution in [0.2, 0.25) is 0 Å². The number of nitrogens with one attached hydrogen (secondary N) is 2. The third-order valence-corrected chi connectivity index (χ3v) is 2.31. The van der Waals surface area contributed by atoms with Crippen LogP contribution in [0.1, 0.15) is 16.1 Å². The van der Waals surface area contributed by atoms with Gasteiger partial charge in [-0.05, 0) is 12.1 Å². The molecule has 0 aromatic carbocycles. The number of anilines is 1. The zero-order valence-corrected chi connectivity index (χ0v) is 10.3. The number of hydrogen-bond donors (Lipinski definition) is 3. The van der Waals surface area contributed by atoms with E-state index in [0.717, 1.165) is 0 Å². The van der Waals surface area contributed by atoms with Gasteiger partial charge in [0, 0.05) is 6.20 Å². The number of carboxylic acids is 1. The number of carbonyl (C=O) groups is 2. The fraction of sp³-hybridized carbons (Fsp3) is 0.0833. The minimum absolute atomic E-state index is 0.112. The minimum atomic E-state index is -1.04. The van der Waals surface area contributed by atoms with E-state index in [1.165, 1.54) is 37.1 Å². The molecule has 2 amide bonds. The van der Waals surface area contributed by atoms with E-state index in [-0.39, 0.29) is 12.1 Å². The first-order valence-electron chi connectivity index (χ1n) is 5.63. The van der Waals surface area contributed by atoms with Gasteiger partial charge < -0.3 is 15.7 Å². The fourth-order valence-corrected chi connectivity index (χ4v) is 1.42. The Kier molecular flexibility index (Phi) is 4.17. The van der Waals surface area contributed by atoms with E-state index in [2.05, 4.69) is 25.6 Å². The molecule has 0 spiro atoms. The molecule has 8 nitrogen and oxygen atoms in total. The molecule has 0 atom stereocenters. The van der Waals surface area contributed by atoms with Crippen molar-refractivity contribution in [1.29, 1.82) is 0 Å². The summed E-state index contributed by atoms with van der Waals surface area (Å²) in [5.74, 6) is -1.04. The zero-order chi connectivity index (χ0) is 14.4. The standard InChI is InChI=1S/C12H11N5O3/c18-11(19)8-1-2-15-9(3-8)6-16-12(20)17-10-4-13-7-14-5-10/h1-5,7H,6H2,(H,18,19)(H2,16,17,20). The van der Waals surface area contributed by atoms with Gasteiger partial charge in [-0.3, -0.25) is 4.98 Å². The summed E-state index contributed by atoms with van der Waals surface area (Å²) >= 11 is 0. The highest BCUT2D eigenvalue weighted by Gasteiger charge is 2.06. The van der Waals surface area contributed by atoms with Gasteiger partial charge in [-0.25, -0.2) is 19.6 Å². The van der Waals surface area contributed by atoms with Gasteiger partial charge in [-0.1, -0.05) is 0 Å². The van der Waals surface area contributed by atoms with E-state index in [9.17, 15) is 9.59 Å². The van der Waals surface area contributed by atoms with Crippen molar-refractivity contribution in [1.82, 2.24) is 20.3 Å². The van der Waals surface area contributed by atoms with Gasteiger partial charge in [0.1, 0.15) is 6.33 Å². The first-order valence-corrected chi connectivity index (χ1v) is 5.63. The van der Waals surface area contributed by atoms with Gasteiger partial charge in [0.15, 0.2) is 0 Å². The topological polar surface area (TPSA) is 117 Å². The molecule has 2 aromatic heterocycles. The van der Waals surface area contributed by atoms with Crippen LogP contribution < -0.4 is 10.6 Å². The normalized spacial score (nSPS) is 9.80. The molecule has 0 fully saturated rings. The molecule has 0 aliphatic rings. The summed E-state index contributed by atoms with van der Waals surface area (Å²) in [5, 5.41) is 13.9. The molecule has 0 aliphatic carbocycles. The minimum Gasteiger partial charge on any atom is -0.478 e. The fourth-order valence-electron chi connectivity index (χ4n) is 1.42. The highest BCUT2D eigenvalue weighted by molar-refractivity contribution is 5.89. The van der Waals surface area contributed by atoms with Gasteiger partial charge in [0.25, 0.3) is 0 Å². The van der Waals surface area contributed by atoms with Crippen LogP contribution in [-0.4, -0.2) is 32.1 Å². The second kappa shape index (κ2) is 6.23. The number of pyridine rings is 1. The number of amides is 2. The van der Waals surface area contributed by atoms with Crippen molar-refractivity contribution in [3.8, 4) is 0 Å². The molecule has 0 saturated heterocycles. The molecule has 0 aliphatic heterocycles. The molecule has 102 valence electrons. The van der Waals surface area contributed by atoms with E-state index >= 15 is 0 Å². The number of carboxylic acid groups (broad SMARTS) is 1. The SMILES string of the molecule is O=C(NCc1cc(C(=O)O)ccn1)Nc1cncnc1. The third-order valence-electron chi connectivity index (χ3n) is 2.31. The molecule has 0 radical (unpaired) electrons. The molecule has 20 heavy (non-hydrogen) atoms. The van der Waals surface area contributed by atoms with Crippen LogP contribution in [0.5, 0.6) is 0 Å². The van der Waals surface area contributed by atoms with Crippen LogP contribution in [0.25, 0.3) is 0 Å². The molecule has 0 bridgehead atoms. The van der Waals surface area contributed by atoms with E-state index in [0.29, 0.717) is 11.4 Å². The van der Waals surface area contributed by atoms with Crippen LogP contribution in [-0.2, 0) is 6.54 Å². The molecule has 2 aromatic rings. The maximum atomic E-state index is 11.6. The Bertz CT molecular complexity index is 617. The average Bonchev–Trinajstić information content (AvgIpc) is 2.46. The van der Waals surface area contributed by atoms with E-state index in [4.69, 9.17) is 5.11 Å². The summed E-state index contributed by atoms with van der Waals surface area (Å²) in [6.45, 7) is 0.112. The molecule has 3 N–H and O–H groups in total. The first kappa shape index (κ1) is 13.4. The Morgan fingerprint density at radius 3 is 2.70 bits per heavy atom. The average molecular weight is 273 g/mol. The number of carbonyl (C=O) groups excluding carboxylic acids is 1. The van der Waals surface area contributed by atoms with Crippen LogP contribution in [0.3, 0.4) is 0 Å². The van der Waals surface area contributed by atoms with Crippen molar-refractivity contribution >= 4 is 17.7 Å². The first-order chi connectivity index (χ1) is 9.65. The van der Waals surface area contributed by atoms with Crippen LogP contribution in [0.4, 0.5) is 10.5 Å². The summed E-state index contributed by atoms with van der Waals surface area (Å²) in [6.07, 6.45) is 5.64. The Morgan fingerprint density at radius 2 is 2.00 bits per heavy atom. The number of urea groups is 1. The van der Waals surface area contributed by atoms with Crippen molar-refractivity contribution in [3.05, 3.63) is 48.3 Å². The molecular weight excluding hydrogens is 262 g/mol. The number of nitrogens with zero attached hydrogens (tertiary/aromatic N) is 3. The summed E-state index contributed by atoms with van der Waals surface area (Å²) in [7, 11) is 0. The highest BCUT2D eigenvalue weighted by atomic mass is 16.4. The Balaban J connectivity index is 1.90. The second-order valence-electron chi connectivity index (χ2n) is 3.78. The maximum Gasteiger partial charge on any atom is 0.335 e. The van der Waals surface area contributed by atoms with Crippen LogP contribution >= 0.6 is 0 Å². The lowest BCUT2D eigenvalue weighted by molar-refractivity contribution is 0.0696.